The molecule has 1 atom stereocenters. The summed E-state index contributed by atoms with van der Waals surface area (Å²) in [4.78, 5) is 0. The van der Waals surface area contributed by atoms with Crippen molar-refractivity contribution in [2.24, 2.45) is 5.92 Å². The Bertz CT molecular complexity index is 157. The van der Waals surface area contributed by atoms with E-state index in [1.165, 1.54) is 32.1 Å². The van der Waals surface area contributed by atoms with Crippen molar-refractivity contribution in [1.82, 2.24) is 0 Å². The largest absolute Gasteiger partial charge is 0.499 e. The van der Waals surface area contributed by atoms with Gasteiger partial charge in [0.25, 0.3) is 0 Å². The summed E-state index contributed by atoms with van der Waals surface area (Å²) in [5.74, 6) is 1.76. The third kappa shape index (κ3) is 16.1. The van der Waals surface area contributed by atoms with E-state index >= 15 is 0 Å². The summed E-state index contributed by atoms with van der Waals surface area (Å²) in [7, 11) is 0. The minimum Gasteiger partial charge on any atom is -0.499 e. The van der Waals surface area contributed by atoms with Crippen LogP contribution in [0.5, 0.6) is 0 Å². The molecule has 0 amide bonds. The van der Waals surface area contributed by atoms with Crippen LogP contribution in [0.15, 0.2) is 12.3 Å². The third-order valence-electron chi connectivity index (χ3n) is 2.82. The molecule has 1 nitrogen and oxygen atoms in total. The molecule has 0 aromatic carbocycles. The maximum atomic E-state index is 5.54. The molecule has 0 heterocycles. The van der Waals surface area contributed by atoms with E-state index in [9.17, 15) is 0 Å². The van der Waals surface area contributed by atoms with E-state index < -0.39 is 0 Å². The Balaban J connectivity index is -0.000000709. The Labute approximate surface area is 128 Å². The molecule has 0 fully saturated rings. The van der Waals surface area contributed by atoms with Crippen molar-refractivity contribution in [3.8, 4) is 0 Å². The molecule has 2 heteroatoms. The molecule has 0 rings (SSSR count). The van der Waals surface area contributed by atoms with Crippen LogP contribution >= 0.6 is 0 Å². The Morgan fingerprint density at radius 2 is 1.67 bits per heavy atom. The second-order valence-corrected chi connectivity index (χ2v) is 4.36. The summed E-state index contributed by atoms with van der Waals surface area (Å²) in [6.45, 7) is 15.5. The van der Waals surface area contributed by atoms with Gasteiger partial charge in [-0.05, 0) is 12.3 Å². The first-order chi connectivity index (χ1) is 8.24. The van der Waals surface area contributed by atoms with Crippen LogP contribution in [0, 0.1) is 5.92 Å². The second kappa shape index (κ2) is 19.5. The van der Waals surface area contributed by atoms with Crippen molar-refractivity contribution in [1.29, 1.82) is 0 Å². The molecule has 0 aromatic heterocycles. The number of ether oxygens (including phenoxy) is 1. The monoisotopic (exact) mass is 293 g/mol. The number of allylic oxidation sites excluding steroid dienone is 1. The molecule has 0 saturated carbocycles. The molecule has 1 unspecified atom stereocenters. The quantitative estimate of drug-likeness (QED) is 0.357. The summed E-state index contributed by atoms with van der Waals surface area (Å²) < 4.78 is 5.54. The third-order valence-corrected chi connectivity index (χ3v) is 2.82. The number of rotatable bonds is 10. The Hall–Kier alpha value is 0.124. The van der Waals surface area contributed by atoms with Crippen LogP contribution in [-0.2, 0) is 23.3 Å². The zero-order chi connectivity index (χ0) is 13.5. The minimum absolute atomic E-state index is 0. The maximum Gasteiger partial charge on any atom is 0.0890 e. The number of hydrogen-bond acceptors (Lipinski definition) is 1. The van der Waals surface area contributed by atoms with Crippen LogP contribution in [0.3, 0.4) is 0 Å². The first-order valence-corrected chi connectivity index (χ1v) is 7.55. The molecule has 0 spiro atoms. The predicted molar refractivity (Wildman–Crippen MR) is 79.3 cm³/mol. The average Bonchev–Trinajstić information content (AvgIpc) is 2.37. The van der Waals surface area contributed by atoms with E-state index in [1.54, 1.807) is 0 Å². The van der Waals surface area contributed by atoms with Gasteiger partial charge in [0.1, 0.15) is 0 Å². The number of hydrogen-bond donors (Lipinski definition) is 0. The van der Waals surface area contributed by atoms with E-state index in [0.29, 0.717) is 0 Å². The molecule has 0 aromatic rings. The van der Waals surface area contributed by atoms with Gasteiger partial charge in [-0.25, -0.2) is 0 Å². The van der Waals surface area contributed by atoms with Crippen LogP contribution < -0.4 is 0 Å². The summed E-state index contributed by atoms with van der Waals surface area (Å²) >= 11 is 0. The summed E-state index contributed by atoms with van der Waals surface area (Å²) in [5, 5.41) is 0. The van der Waals surface area contributed by atoms with Gasteiger partial charge in [0.2, 0.25) is 0 Å². The molecule has 0 saturated heterocycles. The normalized spacial score (nSPS) is 10.7. The van der Waals surface area contributed by atoms with Crippen LogP contribution in [0.2, 0.25) is 0 Å². The van der Waals surface area contributed by atoms with Gasteiger partial charge < -0.3 is 4.74 Å². The molecular formula is C16H34OV. The summed E-state index contributed by atoms with van der Waals surface area (Å²) in [5.41, 5.74) is 0. The van der Waals surface area contributed by atoms with E-state index in [1.807, 2.05) is 13.8 Å². The van der Waals surface area contributed by atoms with Gasteiger partial charge in [-0.2, -0.15) is 0 Å². The Morgan fingerprint density at radius 3 is 2.11 bits per heavy atom. The molecule has 0 aliphatic rings. The van der Waals surface area contributed by atoms with Crippen molar-refractivity contribution >= 4 is 0 Å². The van der Waals surface area contributed by atoms with Gasteiger partial charge >= 0.3 is 0 Å². The summed E-state index contributed by atoms with van der Waals surface area (Å²) in [6, 6.07) is 0. The molecule has 0 aliphatic carbocycles. The molecule has 109 valence electrons. The first kappa shape index (κ1) is 23.2. The summed E-state index contributed by atoms with van der Waals surface area (Å²) in [6.07, 6.45) is 8.74. The van der Waals surface area contributed by atoms with Gasteiger partial charge in [-0.3, -0.25) is 0 Å². The van der Waals surface area contributed by atoms with E-state index in [2.05, 4.69) is 27.4 Å². The van der Waals surface area contributed by atoms with E-state index in [-0.39, 0.29) is 18.6 Å². The Morgan fingerprint density at radius 1 is 1.06 bits per heavy atom. The molecule has 18 heavy (non-hydrogen) atoms. The number of unbranched alkanes of at least 4 members (excludes halogenated alkanes) is 2. The van der Waals surface area contributed by atoms with Crippen LogP contribution in [-0.4, -0.2) is 6.61 Å². The smallest absolute Gasteiger partial charge is 0.0890 e. The van der Waals surface area contributed by atoms with Gasteiger partial charge in [-0.1, -0.05) is 73.3 Å². The van der Waals surface area contributed by atoms with Crippen LogP contribution in [0.4, 0.5) is 0 Å². The van der Waals surface area contributed by atoms with Gasteiger partial charge in [0.05, 0.1) is 12.4 Å². The fourth-order valence-corrected chi connectivity index (χ4v) is 1.76. The van der Waals surface area contributed by atoms with Crippen molar-refractivity contribution in [2.45, 2.75) is 79.6 Å². The van der Waals surface area contributed by atoms with Gasteiger partial charge in [0.15, 0.2) is 0 Å². The molecule has 0 aliphatic heterocycles. The molecule has 0 N–H and O–H groups in total. The van der Waals surface area contributed by atoms with Gasteiger partial charge in [-0.15, -0.1) is 0 Å². The first-order valence-electron chi connectivity index (χ1n) is 7.55. The molecule has 0 bridgehead atoms. The van der Waals surface area contributed by atoms with Crippen LogP contribution in [0.1, 0.15) is 79.6 Å². The van der Waals surface area contributed by atoms with Crippen molar-refractivity contribution in [3.05, 3.63) is 12.3 Å². The van der Waals surface area contributed by atoms with Crippen molar-refractivity contribution < 1.29 is 23.3 Å². The maximum absolute atomic E-state index is 5.54. The SMILES string of the molecule is C=C(CC(CC)CCCCC)OCCC.CC.[V]. The van der Waals surface area contributed by atoms with Crippen LogP contribution in [0.25, 0.3) is 0 Å². The topological polar surface area (TPSA) is 9.23 Å². The average molecular weight is 293 g/mol. The zero-order valence-corrected chi connectivity index (χ0v) is 14.7. The zero-order valence-electron chi connectivity index (χ0n) is 13.3. The molecule has 1 radical (unpaired) electrons. The van der Waals surface area contributed by atoms with E-state index in [0.717, 1.165) is 31.1 Å². The van der Waals surface area contributed by atoms with Crippen molar-refractivity contribution in [2.75, 3.05) is 6.61 Å². The fourth-order valence-electron chi connectivity index (χ4n) is 1.76. The van der Waals surface area contributed by atoms with Crippen molar-refractivity contribution in [3.63, 3.8) is 0 Å². The van der Waals surface area contributed by atoms with E-state index in [4.69, 9.17) is 4.74 Å². The van der Waals surface area contributed by atoms with Gasteiger partial charge in [0, 0.05) is 25.0 Å². The standard InChI is InChI=1S/C14H28O.C2H6.V/c1-5-8-9-10-14(7-3)12-13(4)15-11-6-2;1-2;/h14H,4-12H2,1-3H3;1-2H3;. The fraction of sp³-hybridized carbons (Fsp3) is 0.875. The minimum atomic E-state index is 0. The predicted octanol–water partition coefficient (Wildman–Crippen LogP) is 5.95. The Kier molecular flexibility index (Phi) is 25.1. The second-order valence-electron chi connectivity index (χ2n) is 4.36. The molecular weight excluding hydrogens is 259 g/mol.